The number of esters is 1. The predicted molar refractivity (Wildman–Crippen MR) is 144 cm³/mol. The number of benzene rings is 2. The molecule has 10 heteroatoms. The minimum absolute atomic E-state index is 0.0306. The number of hydrogen-bond acceptors (Lipinski definition) is 10. The van der Waals surface area contributed by atoms with Gasteiger partial charge in [0.2, 0.25) is 5.78 Å². The van der Waals surface area contributed by atoms with Crippen LogP contribution in [0.4, 0.5) is 16.6 Å². The summed E-state index contributed by atoms with van der Waals surface area (Å²) in [5.41, 5.74) is 7.43. The summed E-state index contributed by atoms with van der Waals surface area (Å²) in [5.74, 6) is -0.139. The second-order valence-corrected chi connectivity index (χ2v) is 10.1. The van der Waals surface area contributed by atoms with Crippen molar-refractivity contribution >= 4 is 39.7 Å². The molecule has 0 unspecified atom stereocenters. The lowest BCUT2D eigenvalue weighted by Gasteiger charge is -2.19. The molecule has 0 aliphatic carbocycles. The van der Waals surface area contributed by atoms with Crippen LogP contribution in [0.2, 0.25) is 0 Å². The second-order valence-electron chi connectivity index (χ2n) is 9.08. The van der Waals surface area contributed by atoms with Crippen LogP contribution in [0.3, 0.4) is 0 Å². The number of phenols is 1. The van der Waals surface area contributed by atoms with E-state index in [1.807, 2.05) is 31.2 Å². The van der Waals surface area contributed by atoms with E-state index in [2.05, 4.69) is 22.2 Å². The number of aromatic hydroxyl groups is 1. The molecule has 1 aliphatic heterocycles. The first kappa shape index (κ1) is 26.4. The van der Waals surface area contributed by atoms with E-state index in [1.54, 1.807) is 0 Å². The number of nitrogens with one attached hydrogen (secondary N) is 1. The summed E-state index contributed by atoms with van der Waals surface area (Å²) in [5, 5.41) is 13.9. The summed E-state index contributed by atoms with van der Waals surface area (Å²) < 4.78 is 11.3. The summed E-state index contributed by atoms with van der Waals surface area (Å²) in [6.07, 6.45) is 3.48. The zero-order valence-corrected chi connectivity index (χ0v) is 22.1. The van der Waals surface area contributed by atoms with Crippen LogP contribution in [0.15, 0.2) is 36.4 Å². The molecule has 4 rings (SSSR count). The zero-order valence-electron chi connectivity index (χ0n) is 21.2. The monoisotopic (exact) mass is 524 g/mol. The first-order chi connectivity index (χ1) is 17.8. The second kappa shape index (κ2) is 11.6. The molecular weight excluding hydrogens is 492 g/mol. The Hall–Kier alpha value is -3.63. The number of hydrogen-bond donors (Lipinski definition) is 3. The van der Waals surface area contributed by atoms with Gasteiger partial charge in [0, 0.05) is 24.2 Å². The molecule has 2 aromatic carbocycles. The highest BCUT2D eigenvalue weighted by atomic mass is 32.1. The van der Waals surface area contributed by atoms with Gasteiger partial charge in [-0.3, -0.25) is 9.59 Å². The number of phenolic OH excluding ortho intramolecular Hbond substituents is 1. The highest BCUT2D eigenvalue weighted by Gasteiger charge is 2.26. The van der Waals surface area contributed by atoms with Crippen LogP contribution in [0.5, 0.6) is 17.2 Å². The van der Waals surface area contributed by atoms with Gasteiger partial charge in [-0.1, -0.05) is 24.7 Å². The first-order valence-electron chi connectivity index (χ1n) is 12.3. The van der Waals surface area contributed by atoms with Crippen molar-refractivity contribution < 1.29 is 24.2 Å². The van der Waals surface area contributed by atoms with E-state index < -0.39 is 11.8 Å². The SMILES string of the molecule is CCCc1c(O)ccc(C(=O)c2sc(Nc3ccc(OC[C@@H]4CCCN4C)cc3)nc2N)c1OC(C)=O. The van der Waals surface area contributed by atoms with Crippen LogP contribution in [-0.2, 0) is 11.2 Å². The zero-order chi connectivity index (χ0) is 26.5. The highest BCUT2D eigenvalue weighted by molar-refractivity contribution is 7.18. The third-order valence-electron chi connectivity index (χ3n) is 6.31. The van der Waals surface area contributed by atoms with Gasteiger partial charge >= 0.3 is 5.97 Å². The van der Waals surface area contributed by atoms with Crippen LogP contribution in [0.25, 0.3) is 0 Å². The van der Waals surface area contributed by atoms with Gasteiger partial charge in [-0.2, -0.15) is 0 Å². The molecule has 0 spiro atoms. The molecule has 0 saturated carbocycles. The highest BCUT2D eigenvalue weighted by Crippen LogP contribution is 2.37. The number of ketones is 1. The molecule has 1 aliphatic rings. The molecule has 37 heavy (non-hydrogen) atoms. The number of carbonyl (C=O) groups excluding carboxylic acids is 2. The number of rotatable bonds is 10. The van der Waals surface area contributed by atoms with Gasteiger partial charge in [-0.15, -0.1) is 0 Å². The standard InChI is InChI=1S/C27H32N4O5S/c1-4-6-20-22(33)13-12-21(24(20)36-16(2)32)23(34)25-26(28)30-27(37-25)29-17-8-10-19(11-9-17)35-15-18-7-5-14-31(18)3/h8-13,18,33H,4-7,14-15,28H2,1-3H3,(H,29,30)/t18-/m0/s1. The third-order valence-corrected chi connectivity index (χ3v) is 7.29. The molecule has 0 bridgehead atoms. The largest absolute Gasteiger partial charge is 0.508 e. The summed E-state index contributed by atoms with van der Waals surface area (Å²) in [6.45, 7) is 4.94. The number of likely N-dealkylation sites (N-methyl/N-ethyl adjacent to an activating group) is 1. The van der Waals surface area contributed by atoms with Crippen molar-refractivity contribution in [3.05, 3.63) is 52.4 Å². The van der Waals surface area contributed by atoms with Gasteiger partial charge in [-0.05, 0) is 69.3 Å². The smallest absolute Gasteiger partial charge is 0.308 e. The van der Waals surface area contributed by atoms with Crippen LogP contribution >= 0.6 is 11.3 Å². The van der Waals surface area contributed by atoms with Gasteiger partial charge in [-0.25, -0.2) is 4.98 Å². The van der Waals surface area contributed by atoms with Crippen molar-refractivity contribution in [2.75, 3.05) is 31.2 Å². The Morgan fingerprint density at radius 3 is 2.65 bits per heavy atom. The summed E-state index contributed by atoms with van der Waals surface area (Å²) >= 11 is 1.10. The molecule has 2 heterocycles. The fraction of sp³-hybridized carbons (Fsp3) is 0.370. The summed E-state index contributed by atoms with van der Waals surface area (Å²) in [4.78, 5) is 32.0. The van der Waals surface area contributed by atoms with Gasteiger partial charge < -0.3 is 30.5 Å². The van der Waals surface area contributed by atoms with Crippen molar-refractivity contribution in [2.24, 2.45) is 0 Å². The normalized spacial score (nSPS) is 15.5. The Bertz CT molecular complexity index is 1270. The number of ether oxygens (including phenoxy) is 2. The van der Waals surface area contributed by atoms with Gasteiger partial charge in [0.05, 0.1) is 5.56 Å². The number of aromatic nitrogens is 1. The van der Waals surface area contributed by atoms with Crippen LogP contribution < -0.4 is 20.5 Å². The van der Waals surface area contributed by atoms with E-state index in [0.29, 0.717) is 36.2 Å². The fourth-order valence-electron chi connectivity index (χ4n) is 4.36. The molecule has 9 nitrogen and oxygen atoms in total. The maximum atomic E-state index is 13.4. The molecule has 4 N–H and O–H groups in total. The van der Waals surface area contributed by atoms with E-state index in [9.17, 15) is 14.7 Å². The Labute approximate surface area is 220 Å². The molecule has 1 aromatic heterocycles. The minimum atomic E-state index is -0.584. The Kier molecular flexibility index (Phi) is 8.30. The molecule has 3 aromatic rings. The summed E-state index contributed by atoms with van der Waals surface area (Å²) in [6, 6.07) is 10.8. The maximum absolute atomic E-state index is 13.4. The molecular formula is C27H32N4O5S. The van der Waals surface area contributed by atoms with Crippen molar-refractivity contribution in [3.8, 4) is 17.2 Å². The van der Waals surface area contributed by atoms with E-state index in [1.165, 1.54) is 25.5 Å². The van der Waals surface area contributed by atoms with Gasteiger partial charge in [0.25, 0.3) is 0 Å². The van der Waals surface area contributed by atoms with Gasteiger partial charge in [0.1, 0.15) is 34.6 Å². The van der Waals surface area contributed by atoms with Crippen LogP contribution in [0.1, 0.15) is 53.9 Å². The molecule has 1 fully saturated rings. The molecule has 1 atom stereocenters. The quantitative estimate of drug-likeness (QED) is 0.195. The van der Waals surface area contributed by atoms with Crippen LogP contribution in [-0.4, -0.2) is 53.0 Å². The van der Waals surface area contributed by atoms with Crippen molar-refractivity contribution in [3.63, 3.8) is 0 Å². The fourth-order valence-corrected chi connectivity index (χ4v) is 5.22. The van der Waals surface area contributed by atoms with Crippen molar-refractivity contribution in [1.82, 2.24) is 9.88 Å². The third kappa shape index (κ3) is 6.20. The lowest BCUT2D eigenvalue weighted by Crippen LogP contribution is -2.30. The van der Waals surface area contributed by atoms with Crippen molar-refractivity contribution in [1.29, 1.82) is 0 Å². The maximum Gasteiger partial charge on any atom is 0.308 e. The number of nitrogens with two attached hydrogens (primary N) is 1. The van der Waals surface area contributed by atoms with E-state index in [-0.39, 0.29) is 27.8 Å². The average Bonchev–Trinajstić information content (AvgIpc) is 3.44. The number of likely N-dealkylation sites (tertiary alicyclic amines) is 1. The number of nitrogens with zero attached hydrogens (tertiary/aromatic N) is 2. The minimum Gasteiger partial charge on any atom is -0.508 e. The van der Waals surface area contributed by atoms with E-state index in [0.717, 1.165) is 35.7 Å². The Morgan fingerprint density at radius 1 is 1.24 bits per heavy atom. The molecule has 196 valence electrons. The topological polar surface area (TPSA) is 127 Å². The number of anilines is 3. The lowest BCUT2D eigenvalue weighted by molar-refractivity contribution is -0.131. The number of carbonyl (C=O) groups is 2. The lowest BCUT2D eigenvalue weighted by atomic mass is 10.00. The molecule has 0 amide bonds. The van der Waals surface area contributed by atoms with E-state index >= 15 is 0 Å². The first-order valence-corrected chi connectivity index (χ1v) is 13.1. The average molecular weight is 525 g/mol. The predicted octanol–water partition coefficient (Wildman–Crippen LogP) is 4.76. The molecule has 1 saturated heterocycles. The van der Waals surface area contributed by atoms with E-state index in [4.69, 9.17) is 15.2 Å². The Balaban J connectivity index is 1.49. The number of nitrogen functional groups attached to an aromatic ring is 1. The number of thiazole rings is 1. The Morgan fingerprint density at radius 2 is 2.00 bits per heavy atom. The van der Waals surface area contributed by atoms with Gasteiger partial charge in [0.15, 0.2) is 5.13 Å². The molecule has 0 radical (unpaired) electrons. The summed E-state index contributed by atoms with van der Waals surface area (Å²) in [7, 11) is 2.12. The van der Waals surface area contributed by atoms with Crippen molar-refractivity contribution in [2.45, 2.75) is 45.6 Å². The van der Waals surface area contributed by atoms with Crippen LogP contribution in [0, 0.1) is 0 Å².